The highest BCUT2D eigenvalue weighted by molar-refractivity contribution is 5.80. The number of nitrogens with one attached hydrogen (secondary N) is 1. The van der Waals surface area contributed by atoms with Crippen LogP contribution in [0.5, 0.6) is 0 Å². The molecule has 25 heavy (non-hydrogen) atoms. The monoisotopic (exact) mass is 349 g/mol. The van der Waals surface area contributed by atoms with Crippen LogP contribution in [-0.4, -0.2) is 65.2 Å². The fourth-order valence-electron chi connectivity index (χ4n) is 6.27. The minimum atomic E-state index is -0.767. The van der Waals surface area contributed by atoms with Gasteiger partial charge in [0.1, 0.15) is 0 Å². The van der Waals surface area contributed by atoms with Crippen molar-refractivity contribution in [3.05, 3.63) is 0 Å². The molecular formula is C19H31N3O3. The lowest BCUT2D eigenvalue weighted by Gasteiger charge is -2.58. The predicted octanol–water partition coefficient (Wildman–Crippen LogP) is 2.15. The molecule has 2 spiro atoms. The summed E-state index contributed by atoms with van der Waals surface area (Å²) in [5.74, 6) is 0.798. The Morgan fingerprint density at radius 1 is 1.24 bits per heavy atom. The molecule has 1 aliphatic carbocycles. The van der Waals surface area contributed by atoms with Gasteiger partial charge in [0.05, 0.1) is 0 Å². The summed E-state index contributed by atoms with van der Waals surface area (Å²) >= 11 is 0. The molecule has 4 unspecified atom stereocenters. The van der Waals surface area contributed by atoms with Crippen LogP contribution in [0, 0.1) is 16.7 Å². The SMILES string of the molecule is CCC1NC(=O)CC12CCN(C1CC3(CCN(C(=O)O)C3)C1C)CC2. The Bertz CT molecular complexity index is 572. The van der Waals surface area contributed by atoms with Crippen molar-refractivity contribution in [2.75, 3.05) is 26.2 Å². The molecule has 0 aromatic carbocycles. The molecule has 0 aromatic heterocycles. The van der Waals surface area contributed by atoms with Gasteiger partial charge in [-0.1, -0.05) is 13.8 Å². The van der Waals surface area contributed by atoms with Gasteiger partial charge in [0.15, 0.2) is 0 Å². The second-order valence-corrected chi connectivity index (χ2v) is 8.98. The van der Waals surface area contributed by atoms with Crippen molar-refractivity contribution in [3.8, 4) is 0 Å². The van der Waals surface area contributed by atoms with Crippen LogP contribution in [0.3, 0.4) is 0 Å². The lowest BCUT2D eigenvalue weighted by molar-refractivity contribution is -0.120. The molecule has 3 aliphatic heterocycles. The van der Waals surface area contributed by atoms with Gasteiger partial charge in [0, 0.05) is 37.0 Å². The standard InChI is InChI=1S/C19H31N3O3/c1-3-15-18(11-16(23)20-15)4-7-21(8-5-18)14-10-19(13(14)2)6-9-22(12-19)17(24)25/h13-15H,3-12H2,1-2H3,(H,20,23)(H,24,25). The maximum absolute atomic E-state index is 11.9. The first-order valence-electron chi connectivity index (χ1n) is 9.90. The van der Waals surface area contributed by atoms with E-state index in [1.54, 1.807) is 4.90 Å². The van der Waals surface area contributed by atoms with Gasteiger partial charge in [-0.2, -0.15) is 0 Å². The van der Waals surface area contributed by atoms with Crippen LogP contribution in [0.2, 0.25) is 0 Å². The van der Waals surface area contributed by atoms with E-state index in [-0.39, 0.29) is 16.7 Å². The highest BCUT2D eigenvalue weighted by Crippen LogP contribution is 2.55. The van der Waals surface area contributed by atoms with Crippen molar-refractivity contribution in [2.45, 2.75) is 64.5 Å². The molecule has 2 amide bonds. The average Bonchev–Trinajstić information content (AvgIpc) is 3.17. The van der Waals surface area contributed by atoms with Gasteiger partial charge in [-0.05, 0) is 56.5 Å². The van der Waals surface area contributed by atoms with E-state index >= 15 is 0 Å². The molecule has 4 aliphatic rings. The largest absolute Gasteiger partial charge is 0.465 e. The third-order valence-corrected chi connectivity index (χ3v) is 8.07. The predicted molar refractivity (Wildman–Crippen MR) is 94.3 cm³/mol. The molecule has 4 fully saturated rings. The number of piperidine rings is 1. The second-order valence-electron chi connectivity index (χ2n) is 8.98. The normalized spacial score (nSPS) is 40.5. The van der Waals surface area contributed by atoms with Crippen molar-refractivity contribution in [2.24, 2.45) is 16.7 Å². The van der Waals surface area contributed by atoms with Gasteiger partial charge in [0.2, 0.25) is 5.91 Å². The number of hydrogen-bond donors (Lipinski definition) is 2. The molecule has 0 bridgehead atoms. The van der Waals surface area contributed by atoms with E-state index in [2.05, 4.69) is 24.1 Å². The molecular weight excluding hydrogens is 318 g/mol. The van der Waals surface area contributed by atoms with Gasteiger partial charge in [-0.3, -0.25) is 4.79 Å². The second kappa shape index (κ2) is 5.86. The van der Waals surface area contributed by atoms with Gasteiger partial charge in [0.25, 0.3) is 0 Å². The first kappa shape index (κ1) is 17.1. The smallest absolute Gasteiger partial charge is 0.407 e. The van der Waals surface area contributed by atoms with Crippen molar-refractivity contribution in [1.82, 2.24) is 15.1 Å². The topological polar surface area (TPSA) is 72.9 Å². The highest BCUT2D eigenvalue weighted by Gasteiger charge is 2.58. The summed E-state index contributed by atoms with van der Waals surface area (Å²) in [4.78, 5) is 27.4. The molecule has 0 aromatic rings. The number of carbonyl (C=O) groups is 2. The van der Waals surface area contributed by atoms with E-state index < -0.39 is 6.09 Å². The van der Waals surface area contributed by atoms with Crippen molar-refractivity contribution in [3.63, 3.8) is 0 Å². The molecule has 140 valence electrons. The molecule has 4 rings (SSSR count). The number of carbonyl (C=O) groups excluding carboxylic acids is 1. The number of hydrogen-bond acceptors (Lipinski definition) is 3. The Hall–Kier alpha value is -1.30. The Kier molecular flexibility index (Phi) is 4.02. The summed E-state index contributed by atoms with van der Waals surface area (Å²) < 4.78 is 0. The lowest BCUT2D eigenvalue weighted by atomic mass is 9.56. The molecule has 3 saturated heterocycles. The van der Waals surface area contributed by atoms with Gasteiger partial charge in [-0.25, -0.2) is 4.79 Å². The molecule has 1 saturated carbocycles. The van der Waals surface area contributed by atoms with E-state index in [0.29, 0.717) is 37.5 Å². The summed E-state index contributed by atoms with van der Waals surface area (Å²) in [5.41, 5.74) is 0.398. The Morgan fingerprint density at radius 2 is 1.92 bits per heavy atom. The number of likely N-dealkylation sites (tertiary alicyclic amines) is 2. The zero-order valence-corrected chi connectivity index (χ0v) is 15.5. The zero-order valence-electron chi connectivity index (χ0n) is 15.5. The van der Waals surface area contributed by atoms with Crippen LogP contribution in [0.4, 0.5) is 4.79 Å². The lowest BCUT2D eigenvalue weighted by Crippen LogP contribution is -2.61. The van der Waals surface area contributed by atoms with Crippen LogP contribution in [0.15, 0.2) is 0 Å². The van der Waals surface area contributed by atoms with Crippen molar-refractivity contribution >= 4 is 12.0 Å². The molecule has 3 heterocycles. The molecule has 6 heteroatoms. The highest BCUT2D eigenvalue weighted by atomic mass is 16.4. The van der Waals surface area contributed by atoms with Crippen LogP contribution in [0.1, 0.15) is 52.4 Å². The summed E-state index contributed by atoms with van der Waals surface area (Å²) in [6, 6.07) is 0.947. The van der Waals surface area contributed by atoms with Crippen LogP contribution >= 0.6 is 0 Å². The minimum Gasteiger partial charge on any atom is -0.465 e. The molecule has 2 N–H and O–H groups in total. The van der Waals surface area contributed by atoms with Gasteiger partial charge >= 0.3 is 6.09 Å². The van der Waals surface area contributed by atoms with E-state index in [1.165, 1.54) is 0 Å². The molecule has 0 radical (unpaired) electrons. The van der Waals surface area contributed by atoms with E-state index in [9.17, 15) is 14.7 Å². The number of carboxylic acid groups (broad SMARTS) is 1. The maximum Gasteiger partial charge on any atom is 0.407 e. The fourth-order valence-corrected chi connectivity index (χ4v) is 6.27. The number of nitrogens with zero attached hydrogens (tertiary/aromatic N) is 2. The van der Waals surface area contributed by atoms with Crippen molar-refractivity contribution < 1.29 is 14.7 Å². The number of amides is 2. The Labute approximate surface area is 149 Å². The summed E-state index contributed by atoms with van der Waals surface area (Å²) in [6.07, 6.45) is 5.35. The summed E-state index contributed by atoms with van der Waals surface area (Å²) in [5, 5.41) is 12.4. The third-order valence-electron chi connectivity index (χ3n) is 8.07. The summed E-state index contributed by atoms with van der Waals surface area (Å²) in [6.45, 7) is 8.07. The third kappa shape index (κ3) is 2.56. The molecule has 4 atom stereocenters. The van der Waals surface area contributed by atoms with Crippen LogP contribution in [0.25, 0.3) is 0 Å². The van der Waals surface area contributed by atoms with Gasteiger partial charge in [-0.15, -0.1) is 0 Å². The maximum atomic E-state index is 11.9. The van der Waals surface area contributed by atoms with Crippen LogP contribution < -0.4 is 5.32 Å². The van der Waals surface area contributed by atoms with Crippen LogP contribution in [-0.2, 0) is 4.79 Å². The molecule has 6 nitrogen and oxygen atoms in total. The Balaban J connectivity index is 1.35. The average molecular weight is 349 g/mol. The summed E-state index contributed by atoms with van der Waals surface area (Å²) in [7, 11) is 0. The van der Waals surface area contributed by atoms with Gasteiger partial charge < -0.3 is 20.2 Å². The fraction of sp³-hybridized carbons (Fsp3) is 0.895. The first-order valence-corrected chi connectivity index (χ1v) is 9.90. The zero-order chi connectivity index (χ0) is 17.8. The minimum absolute atomic E-state index is 0.181. The Morgan fingerprint density at radius 3 is 2.48 bits per heavy atom. The van der Waals surface area contributed by atoms with Crippen molar-refractivity contribution in [1.29, 1.82) is 0 Å². The van der Waals surface area contributed by atoms with E-state index in [4.69, 9.17) is 0 Å². The van der Waals surface area contributed by atoms with E-state index in [0.717, 1.165) is 45.2 Å². The number of rotatable bonds is 2. The first-order chi connectivity index (χ1) is 11.9. The quantitative estimate of drug-likeness (QED) is 0.801. The van der Waals surface area contributed by atoms with E-state index in [1.807, 2.05) is 0 Å².